The fraction of sp³-hybridized carbons (Fsp3) is 0.167. The lowest BCUT2D eigenvalue weighted by Crippen LogP contribution is -2.00. The summed E-state index contributed by atoms with van der Waals surface area (Å²) in [5, 5.41) is 9.18. The molecule has 2 heterocycles. The molecule has 0 radical (unpaired) electrons. The van der Waals surface area contributed by atoms with E-state index in [1.807, 2.05) is 23.7 Å². The predicted molar refractivity (Wildman–Crippen MR) is 68.0 cm³/mol. The molecule has 0 saturated carbocycles. The van der Waals surface area contributed by atoms with E-state index in [1.165, 1.54) is 0 Å². The van der Waals surface area contributed by atoms with Gasteiger partial charge in [-0.25, -0.2) is 4.79 Å². The Bertz CT molecular complexity index is 576. The summed E-state index contributed by atoms with van der Waals surface area (Å²) in [7, 11) is 1.85. The van der Waals surface area contributed by atoms with Crippen LogP contribution in [0.4, 0.5) is 0 Å². The number of hydrogen-bond donors (Lipinski definition) is 1. The number of nitrogens with zero attached hydrogens (tertiary/aromatic N) is 2. The predicted octanol–water partition coefficient (Wildman–Crippen LogP) is 2.86. The normalized spacial score (nSPS) is 10.5. The monoisotopic (exact) mass is 294 g/mol. The molecule has 0 bridgehead atoms. The Morgan fingerprint density at radius 1 is 1.41 bits per heavy atom. The largest absolute Gasteiger partial charge is 0.478 e. The lowest BCUT2D eigenvalue weighted by atomic mass is 10.2. The van der Waals surface area contributed by atoms with Gasteiger partial charge in [-0.05, 0) is 35.0 Å². The molecular formula is C12H11BrN2O2. The maximum atomic E-state index is 11.2. The fourth-order valence-corrected chi connectivity index (χ4v) is 2.79. The van der Waals surface area contributed by atoms with Crippen molar-refractivity contribution in [2.75, 3.05) is 0 Å². The molecule has 2 aromatic rings. The van der Waals surface area contributed by atoms with Gasteiger partial charge in [0.15, 0.2) is 0 Å². The zero-order chi connectivity index (χ0) is 12.6. The standard InChI is InChI=1S/C12H11BrN2O2/c1-7-9(12(16)17)10(13)11(15(7)2)8-3-5-14-6-4-8/h3-6H,1-2H3,(H,16,17). The van der Waals surface area contributed by atoms with Gasteiger partial charge in [0.05, 0.1) is 15.7 Å². The molecule has 88 valence electrons. The number of carbonyl (C=O) groups is 1. The molecule has 0 spiro atoms. The van der Waals surface area contributed by atoms with Gasteiger partial charge in [-0.3, -0.25) is 4.98 Å². The van der Waals surface area contributed by atoms with Crippen LogP contribution in [0.5, 0.6) is 0 Å². The van der Waals surface area contributed by atoms with Crippen LogP contribution in [0.25, 0.3) is 11.3 Å². The molecular weight excluding hydrogens is 284 g/mol. The first-order valence-electron chi connectivity index (χ1n) is 5.02. The van der Waals surface area contributed by atoms with E-state index in [-0.39, 0.29) is 0 Å². The first kappa shape index (κ1) is 11.9. The third kappa shape index (κ3) is 1.86. The van der Waals surface area contributed by atoms with Crippen LogP contribution in [0.3, 0.4) is 0 Å². The highest BCUT2D eigenvalue weighted by molar-refractivity contribution is 9.10. The number of carboxylic acid groups (broad SMARTS) is 1. The zero-order valence-corrected chi connectivity index (χ0v) is 11.0. The van der Waals surface area contributed by atoms with Crippen molar-refractivity contribution in [1.82, 2.24) is 9.55 Å². The maximum Gasteiger partial charge on any atom is 0.338 e. The number of carboxylic acids is 1. The topological polar surface area (TPSA) is 55.1 Å². The molecule has 0 aromatic carbocycles. The Balaban J connectivity index is 2.72. The van der Waals surface area contributed by atoms with Crippen molar-refractivity contribution in [3.63, 3.8) is 0 Å². The van der Waals surface area contributed by atoms with Crippen molar-refractivity contribution in [2.45, 2.75) is 6.92 Å². The van der Waals surface area contributed by atoms with E-state index in [0.717, 1.165) is 17.0 Å². The van der Waals surface area contributed by atoms with E-state index in [9.17, 15) is 9.90 Å². The molecule has 0 aliphatic rings. The summed E-state index contributed by atoms with van der Waals surface area (Å²) in [4.78, 5) is 15.1. The van der Waals surface area contributed by atoms with Crippen LogP contribution in [0.1, 0.15) is 16.1 Å². The van der Waals surface area contributed by atoms with Gasteiger partial charge >= 0.3 is 5.97 Å². The maximum absolute atomic E-state index is 11.2. The summed E-state index contributed by atoms with van der Waals surface area (Å²) in [6.45, 7) is 1.79. The number of aromatic nitrogens is 2. The second kappa shape index (κ2) is 4.33. The minimum Gasteiger partial charge on any atom is -0.478 e. The fourth-order valence-electron chi connectivity index (χ4n) is 1.84. The molecule has 5 heteroatoms. The lowest BCUT2D eigenvalue weighted by Gasteiger charge is -2.05. The summed E-state index contributed by atoms with van der Waals surface area (Å²) in [5.41, 5.74) is 2.81. The Morgan fingerprint density at radius 3 is 2.47 bits per heavy atom. The molecule has 0 aliphatic carbocycles. The summed E-state index contributed by atoms with van der Waals surface area (Å²) in [6, 6.07) is 3.70. The molecule has 17 heavy (non-hydrogen) atoms. The van der Waals surface area contributed by atoms with Gasteiger partial charge in [0, 0.05) is 30.7 Å². The van der Waals surface area contributed by atoms with E-state index in [1.54, 1.807) is 19.3 Å². The number of hydrogen-bond acceptors (Lipinski definition) is 2. The van der Waals surface area contributed by atoms with Gasteiger partial charge in [-0.15, -0.1) is 0 Å². The van der Waals surface area contributed by atoms with Crippen molar-refractivity contribution in [1.29, 1.82) is 0 Å². The minimum absolute atomic E-state index is 0.305. The van der Waals surface area contributed by atoms with Crippen LogP contribution in [-0.4, -0.2) is 20.6 Å². The van der Waals surface area contributed by atoms with Crippen molar-refractivity contribution >= 4 is 21.9 Å². The van der Waals surface area contributed by atoms with Gasteiger partial charge in [0.2, 0.25) is 0 Å². The van der Waals surface area contributed by atoms with E-state index >= 15 is 0 Å². The van der Waals surface area contributed by atoms with Gasteiger partial charge in [-0.1, -0.05) is 0 Å². The van der Waals surface area contributed by atoms with Crippen LogP contribution in [-0.2, 0) is 7.05 Å². The van der Waals surface area contributed by atoms with Crippen molar-refractivity contribution in [3.8, 4) is 11.3 Å². The first-order chi connectivity index (χ1) is 8.04. The third-order valence-electron chi connectivity index (χ3n) is 2.80. The molecule has 1 N–H and O–H groups in total. The van der Waals surface area contributed by atoms with E-state index < -0.39 is 5.97 Å². The Hall–Kier alpha value is -1.62. The van der Waals surface area contributed by atoms with Gasteiger partial charge in [0.1, 0.15) is 0 Å². The molecule has 4 nitrogen and oxygen atoms in total. The number of pyridine rings is 1. The van der Waals surface area contributed by atoms with Gasteiger partial charge in [-0.2, -0.15) is 0 Å². The Labute approximate surface area is 107 Å². The molecule has 0 unspecified atom stereocenters. The second-order valence-electron chi connectivity index (χ2n) is 3.72. The highest BCUT2D eigenvalue weighted by Gasteiger charge is 2.22. The molecule has 0 amide bonds. The molecule has 0 atom stereocenters. The van der Waals surface area contributed by atoms with Crippen LogP contribution in [0.15, 0.2) is 29.0 Å². The van der Waals surface area contributed by atoms with E-state index in [0.29, 0.717) is 10.0 Å². The summed E-state index contributed by atoms with van der Waals surface area (Å²) >= 11 is 3.37. The quantitative estimate of drug-likeness (QED) is 0.927. The molecule has 0 fully saturated rings. The molecule has 0 saturated heterocycles. The van der Waals surface area contributed by atoms with Crippen LogP contribution < -0.4 is 0 Å². The average Bonchev–Trinajstić information content (AvgIpc) is 2.51. The summed E-state index contributed by atoms with van der Waals surface area (Å²) < 4.78 is 2.47. The van der Waals surface area contributed by atoms with Crippen molar-refractivity contribution in [2.24, 2.45) is 7.05 Å². The third-order valence-corrected chi connectivity index (χ3v) is 3.57. The van der Waals surface area contributed by atoms with Gasteiger partial charge < -0.3 is 9.67 Å². The van der Waals surface area contributed by atoms with Gasteiger partial charge in [0.25, 0.3) is 0 Å². The summed E-state index contributed by atoms with van der Waals surface area (Å²) in [5.74, 6) is -0.926. The van der Waals surface area contributed by atoms with E-state index in [4.69, 9.17) is 0 Å². The lowest BCUT2D eigenvalue weighted by molar-refractivity contribution is 0.0695. The van der Waals surface area contributed by atoms with Crippen molar-refractivity contribution in [3.05, 3.63) is 40.3 Å². The Morgan fingerprint density at radius 2 is 2.00 bits per heavy atom. The smallest absolute Gasteiger partial charge is 0.338 e. The highest BCUT2D eigenvalue weighted by atomic mass is 79.9. The molecule has 0 aliphatic heterocycles. The van der Waals surface area contributed by atoms with Crippen LogP contribution in [0, 0.1) is 6.92 Å². The average molecular weight is 295 g/mol. The number of halogens is 1. The zero-order valence-electron chi connectivity index (χ0n) is 9.44. The second-order valence-corrected chi connectivity index (χ2v) is 4.52. The number of rotatable bonds is 2. The summed E-state index contributed by atoms with van der Waals surface area (Å²) in [6.07, 6.45) is 3.37. The minimum atomic E-state index is -0.926. The SMILES string of the molecule is Cc1c(C(=O)O)c(Br)c(-c2ccncc2)n1C. The van der Waals surface area contributed by atoms with Crippen LogP contribution in [0.2, 0.25) is 0 Å². The van der Waals surface area contributed by atoms with Crippen LogP contribution >= 0.6 is 15.9 Å². The van der Waals surface area contributed by atoms with Crippen molar-refractivity contribution < 1.29 is 9.90 Å². The number of aromatic carboxylic acids is 1. The first-order valence-corrected chi connectivity index (χ1v) is 5.81. The van der Waals surface area contributed by atoms with E-state index in [2.05, 4.69) is 20.9 Å². The Kier molecular flexibility index (Phi) is 3.02. The highest BCUT2D eigenvalue weighted by Crippen LogP contribution is 2.34. The molecule has 2 aromatic heterocycles. The molecule has 2 rings (SSSR count).